The van der Waals surface area contributed by atoms with E-state index in [1.165, 1.54) is 19.4 Å². The molecule has 0 aliphatic carbocycles. The van der Waals surface area contributed by atoms with Crippen LogP contribution in [0.4, 0.5) is 0 Å². The van der Waals surface area contributed by atoms with Gasteiger partial charge in [-0.05, 0) is 55.8 Å². The predicted molar refractivity (Wildman–Crippen MR) is 140 cm³/mol. The highest BCUT2D eigenvalue weighted by Gasteiger charge is 2.40. The number of carboxylic acid groups (broad SMARTS) is 3. The van der Waals surface area contributed by atoms with E-state index in [0.29, 0.717) is 11.8 Å². The zero-order valence-electron chi connectivity index (χ0n) is 22.2. The van der Waals surface area contributed by atoms with Crippen molar-refractivity contribution in [1.29, 1.82) is 0 Å². The van der Waals surface area contributed by atoms with Crippen molar-refractivity contribution in [2.45, 2.75) is 57.3 Å². The molecule has 2 aromatic rings. The molecule has 0 amide bonds. The Hall–Kier alpha value is -3.74. The van der Waals surface area contributed by atoms with E-state index in [9.17, 15) is 19.5 Å². The summed E-state index contributed by atoms with van der Waals surface area (Å²) in [5, 5.41) is 43.7. The van der Waals surface area contributed by atoms with Crippen LogP contribution in [-0.2, 0) is 27.5 Å². The van der Waals surface area contributed by atoms with Gasteiger partial charge in [-0.3, -0.25) is 24.4 Å². The molecule has 1 unspecified atom stereocenters. The zero-order chi connectivity index (χ0) is 29.0. The summed E-state index contributed by atoms with van der Waals surface area (Å²) < 4.78 is 5.26. The first-order valence-electron chi connectivity index (χ1n) is 12.6. The maximum atomic E-state index is 10.3. The van der Waals surface area contributed by atoms with Crippen LogP contribution in [0.15, 0.2) is 42.6 Å². The molecule has 1 aromatic carbocycles. The number of hydrogen-bond acceptors (Lipinski definition) is 9. The van der Waals surface area contributed by atoms with Crippen molar-refractivity contribution in [2.24, 2.45) is 0 Å². The number of ether oxygens (including phenoxy) is 1. The molecule has 214 valence electrons. The van der Waals surface area contributed by atoms with Crippen molar-refractivity contribution < 1.29 is 44.7 Å². The second kappa shape index (κ2) is 15.0. The number of likely N-dealkylation sites (tertiary alicyclic amines) is 1. The number of carboxylic acids is 3. The van der Waals surface area contributed by atoms with Crippen molar-refractivity contribution in [3.8, 4) is 11.5 Å². The average Bonchev–Trinajstić information content (AvgIpc) is 3.32. The number of phenolic OH excluding ortho intramolecular Hbond substituents is 1. The largest absolute Gasteiger partial charge is 0.504 e. The zero-order valence-corrected chi connectivity index (χ0v) is 22.2. The first kappa shape index (κ1) is 31.5. The molecule has 1 aliphatic heterocycles. The SMILES string of the molecule is CCN1CCCC1CN(Cc1ccc(O)c(OC)c1)Cc1ccccn1.O=C(O)CC(O)(CC(=O)O)C(=O)O. The lowest BCUT2D eigenvalue weighted by Gasteiger charge is -2.30. The van der Waals surface area contributed by atoms with E-state index in [-0.39, 0.29) is 5.75 Å². The maximum Gasteiger partial charge on any atom is 0.336 e. The van der Waals surface area contributed by atoms with Gasteiger partial charge in [-0.1, -0.05) is 19.1 Å². The lowest BCUT2D eigenvalue weighted by Crippen LogP contribution is -2.42. The number of nitrogens with zero attached hydrogens (tertiary/aromatic N) is 3. The Bertz CT molecular complexity index is 1080. The first-order chi connectivity index (χ1) is 18.5. The van der Waals surface area contributed by atoms with E-state index in [0.717, 1.165) is 37.4 Å². The Morgan fingerprint density at radius 2 is 1.79 bits per heavy atom. The third kappa shape index (κ3) is 10.2. The summed E-state index contributed by atoms with van der Waals surface area (Å²) in [6, 6.07) is 12.3. The van der Waals surface area contributed by atoms with Crippen molar-refractivity contribution in [3.05, 3.63) is 53.9 Å². The van der Waals surface area contributed by atoms with Gasteiger partial charge in [0.2, 0.25) is 0 Å². The third-order valence-electron chi connectivity index (χ3n) is 6.42. The summed E-state index contributed by atoms with van der Waals surface area (Å²) in [5.74, 6) is -4.31. The van der Waals surface area contributed by atoms with Crippen LogP contribution >= 0.6 is 0 Å². The standard InChI is InChI=1S/C21H29N3O2.C6H8O7/c1-3-24-12-6-8-19(24)16-23(15-18-7-4-5-11-22-18)14-17-9-10-20(25)21(13-17)26-2;7-3(8)1-6(13,5(11)12)2-4(9)10/h4-5,7,9-11,13,19,25H,3,6,8,12,14-16H2,1-2H3;13H,1-2H2,(H,7,8)(H,9,10)(H,11,12). The summed E-state index contributed by atoms with van der Waals surface area (Å²) >= 11 is 0. The molecule has 2 heterocycles. The summed E-state index contributed by atoms with van der Waals surface area (Å²) in [7, 11) is 1.59. The lowest BCUT2D eigenvalue weighted by molar-refractivity contribution is -0.170. The number of phenols is 1. The van der Waals surface area contributed by atoms with Gasteiger partial charge in [0.1, 0.15) is 0 Å². The van der Waals surface area contributed by atoms with Gasteiger partial charge < -0.3 is 30.3 Å². The van der Waals surface area contributed by atoms with Gasteiger partial charge in [0.15, 0.2) is 17.1 Å². The van der Waals surface area contributed by atoms with Crippen molar-refractivity contribution in [2.75, 3.05) is 26.7 Å². The van der Waals surface area contributed by atoms with Crippen molar-refractivity contribution in [3.63, 3.8) is 0 Å². The van der Waals surface area contributed by atoms with Gasteiger partial charge in [-0.2, -0.15) is 0 Å². The highest BCUT2D eigenvalue weighted by molar-refractivity contribution is 5.88. The fourth-order valence-electron chi connectivity index (χ4n) is 4.51. The number of carbonyl (C=O) groups is 3. The van der Waals surface area contributed by atoms with E-state index in [2.05, 4.69) is 27.8 Å². The highest BCUT2D eigenvalue weighted by atomic mass is 16.5. The smallest absolute Gasteiger partial charge is 0.336 e. The third-order valence-corrected chi connectivity index (χ3v) is 6.42. The Morgan fingerprint density at radius 3 is 2.33 bits per heavy atom. The van der Waals surface area contributed by atoms with Gasteiger partial charge in [-0.15, -0.1) is 0 Å². The molecule has 0 radical (unpaired) electrons. The Labute approximate surface area is 227 Å². The van der Waals surface area contributed by atoms with Crippen LogP contribution in [0.2, 0.25) is 0 Å². The molecule has 1 aromatic heterocycles. The minimum atomic E-state index is -2.74. The molecule has 3 rings (SSSR count). The monoisotopic (exact) mass is 547 g/mol. The molecular weight excluding hydrogens is 510 g/mol. The van der Waals surface area contributed by atoms with Gasteiger partial charge >= 0.3 is 17.9 Å². The predicted octanol–water partition coefficient (Wildman–Crippen LogP) is 2.03. The van der Waals surface area contributed by atoms with Gasteiger partial charge in [0.05, 0.1) is 25.6 Å². The van der Waals surface area contributed by atoms with E-state index in [1.807, 2.05) is 30.5 Å². The molecule has 1 fully saturated rings. The van der Waals surface area contributed by atoms with Gasteiger partial charge in [0.25, 0.3) is 0 Å². The van der Waals surface area contributed by atoms with Crippen LogP contribution in [0.3, 0.4) is 0 Å². The van der Waals surface area contributed by atoms with Crippen LogP contribution in [-0.4, -0.2) is 96.6 Å². The van der Waals surface area contributed by atoms with E-state index in [4.69, 9.17) is 25.2 Å². The molecule has 1 aliphatic rings. The number of aromatic nitrogens is 1. The highest BCUT2D eigenvalue weighted by Crippen LogP contribution is 2.27. The molecule has 0 spiro atoms. The number of pyridine rings is 1. The minimum absolute atomic E-state index is 0.181. The number of benzene rings is 1. The van der Waals surface area contributed by atoms with Crippen LogP contribution in [0.5, 0.6) is 11.5 Å². The number of methoxy groups -OCH3 is 1. The lowest BCUT2D eigenvalue weighted by atomic mass is 9.96. The molecule has 39 heavy (non-hydrogen) atoms. The maximum absolute atomic E-state index is 10.3. The average molecular weight is 548 g/mol. The summed E-state index contributed by atoms with van der Waals surface area (Å²) in [6.07, 6.45) is 2.10. The molecule has 1 atom stereocenters. The summed E-state index contributed by atoms with van der Waals surface area (Å²) in [4.78, 5) is 40.0. The first-order valence-corrected chi connectivity index (χ1v) is 12.6. The van der Waals surface area contributed by atoms with Crippen molar-refractivity contribution in [1.82, 2.24) is 14.8 Å². The van der Waals surface area contributed by atoms with Crippen LogP contribution in [0.25, 0.3) is 0 Å². The number of hydrogen-bond donors (Lipinski definition) is 5. The second-order valence-corrected chi connectivity index (χ2v) is 9.40. The molecule has 1 saturated heterocycles. The summed E-state index contributed by atoms with van der Waals surface area (Å²) in [5.41, 5.74) is -0.520. The number of aromatic hydroxyl groups is 1. The topological polar surface area (TPSA) is 181 Å². The number of rotatable bonds is 13. The molecule has 0 saturated carbocycles. The minimum Gasteiger partial charge on any atom is -0.504 e. The van der Waals surface area contributed by atoms with E-state index < -0.39 is 36.4 Å². The van der Waals surface area contributed by atoms with Gasteiger partial charge in [0, 0.05) is 31.9 Å². The van der Waals surface area contributed by atoms with Crippen LogP contribution in [0, 0.1) is 0 Å². The Balaban J connectivity index is 0.000000349. The molecule has 12 heteroatoms. The fourth-order valence-corrected chi connectivity index (χ4v) is 4.51. The molecular formula is C27H37N3O9. The Kier molecular flexibility index (Phi) is 12.1. The summed E-state index contributed by atoms with van der Waals surface area (Å²) in [6.45, 7) is 7.19. The molecule has 0 bridgehead atoms. The van der Waals surface area contributed by atoms with E-state index >= 15 is 0 Å². The molecule has 5 N–H and O–H groups in total. The van der Waals surface area contributed by atoms with Gasteiger partial charge in [-0.25, -0.2) is 4.79 Å². The molecule has 12 nitrogen and oxygen atoms in total. The number of aliphatic hydroxyl groups is 1. The van der Waals surface area contributed by atoms with Crippen LogP contribution < -0.4 is 4.74 Å². The second-order valence-electron chi connectivity index (χ2n) is 9.40. The Morgan fingerprint density at radius 1 is 1.10 bits per heavy atom. The van der Waals surface area contributed by atoms with Crippen LogP contribution in [0.1, 0.15) is 43.9 Å². The number of aliphatic carboxylic acids is 3. The number of likely N-dealkylation sites (N-methyl/N-ethyl adjacent to an activating group) is 1. The normalized spacial score (nSPS) is 15.4. The quantitative estimate of drug-likeness (QED) is 0.246. The van der Waals surface area contributed by atoms with E-state index in [1.54, 1.807) is 13.2 Å². The fraction of sp³-hybridized carbons (Fsp3) is 0.481. The van der Waals surface area contributed by atoms with Crippen molar-refractivity contribution >= 4 is 17.9 Å².